The van der Waals surface area contributed by atoms with E-state index in [9.17, 15) is 0 Å². The molecule has 0 saturated heterocycles. The van der Waals surface area contributed by atoms with Crippen molar-refractivity contribution >= 4 is 103 Å². The van der Waals surface area contributed by atoms with Gasteiger partial charge in [0.15, 0.2) is 5.65 Å². The van der Waals surface area contributed by atoms with Gasteiger partial charge in [0.2, 0.25) is 0 Å². The Kier molecular flexibility index (Phi) is 4.83. The average Bonchev–Trinajstić information content (AvgIpc) is 3.88. The lowest BCUT2D eigenvalue weighted by atomic mass is 9.98. The normalized spacial score (nSPS) is 12.5. The van der Waals surface area contributed by atoms with Crippen LogP contribution in [0.15, 0.2) is 146 Å². The van der Waals surface area contributed by atoms with Crippen LogP contribution in [0.4, 0.5) is 0 Å². The van der Waals surface area contributed by atoms with E-state index in [1.165, 1.54) is 69.4 Å². The van der Waals surface area contributed by atoms with Gasteiger partial charge in [-0.05, 0) is 83.9 Å². The molecule has 12 aromatic rings. The third-order valence-electron chi connectivity index (χ3n) is 10.4. The largest absolute Gasteiger partial charge is 0.309 e. The van der Waals surface area contributed by atoms with Gasteiger partial charge in [-0.25, -0.2) is 9.97 Å². The highest BCUT2D eigenvalue weighted by Crippen LogP contribution is 2.45. The molecule has 5 aromatic heterocycles. The molecule has 0 aliphatic rings. The molecule has 49 heavy (non-hydrogen) atoms. The number of hydrogen-bond acceptors (Lipinski definition) is 3. The molecule has 0 radical (unpaired) electrons. The molecule has 12 rings (SSSR count). The predicted molar refractivity (Wildman–Crippen MR) is 207 cm³/mol. The highest BCUT2D eigenvalue weighted by atomic mass is 32.1. The molecule has 7 aromatic carbocycles. The maximum atomic E-state index is 5.29. The molecule has 0 fully saturated rings. The first kappa shape index (κ1) is 25.7. The molecule has 0 unspecified atom stereocenters. The Balaban J connectivity index is 1.26. The Morgan fingerprint density at radius 2 is 1.12 bits per heavy atom. The minimum absolute atomic E-state index is 0.895. The zero-order valence-corrected chi connectivity index (χ0v) is 26.9. The number of nitrogens with zero attached hydrogens (tertiary/aromatic N) is 4. The lowest BCUT2D eigenvalue weighted by molar-refractivity contribution is 1.18. The van der Waals surface area contributed by atoms with Crippen LogP contribution in [0.3, 0.4) is 0 Å². The first-order valence-electron chi connectivity index (χ1n) is 16.6. The fraction of sp³-hybridized carbons (Fsp3) is 0. The van der Waals surface area contributed by atoms with Crippen molar-refractivity contribution in [2.75, 3.05) is 0 Å². The minimum Gasteiger partial charge on any atom is -0.309 e. The van der Waals surface area contributed by atoms with Crippen molar-refractivity contribution in [3.8, 4) is 16.8 Å². The molecule has 4 nitrogen and oxygen atoms in total. The van der Waals surface area contributed by atoms with E-state index in [-0.39, 0.29) is 0 Å². The average molecular weight is 641 g/mol. The van der Waals surface area contributed by atoms with E-state index in [0.29, 0.717) is 0 Å². The molecule has 226 valence electrons. The van der Waals surface area contributed by atoms with E-state index < -0.39 is 0 Å². The summed E-state index contributed by atoms with van der Waals surface area (Å²) in [5.74, 6) is 0. The summed E-state index contributed by atoms with van der Waals surface area (Å²) in [7, 11) is 0. The van der Waals surface area contributed by atoms with Crippen LogP contribution in [0.25, 0.3) is 108 Å². The lowest BCUT2D eigenvalue weighted by Crippen LogP contribution is -1.93. The van der Waals surface area contributed by atoms with E-state index >= 15 is 0 Å². The first-order chi connectivity index (χ1) is 24.3. The third kappa shape index (κ3) is 3.37. The molecular weight excluding hydrogens is 617 g/mol. The van der Waals surface area contributed by atoms with Gasteiger partial charge in [0.1, 0.15) is 5.52 Å². The highest BCUT2D eigenvalue weighted by Gasteiger charge is 2.23. The van der Waals surface area contributed by atoms with Crippen LogP contribution in [-0.4, -0.2) is 18.9 Å². The van der Waals surface area contributed by atoms with Crippen molar-refractivity contribution < 1.29 is 0 Å². The summed E-state index contributed by atoms with van der Waals surface area (Å²) in [4.78, 5) is 10.6. The SMILES string of the molecule is c1ccc(-n2c3ccccc3c3cc4c5cc(-c6ccc7sc8ccccc8c7c6)cc6c7nc8ccccc8nc7n(c4cc32)c56)cc1. The first-order valence-corrected chi connectivity index (χ1v) is 17.4. The Morgan fingerprint density at radius 3 is 2.02 bits per heavy atom. The smallest absolute Gasteiger partial charge is 0.165 e. The van der Waals surface area contributed by atoms with E-state index in [2.05, 4.69) is 142 Å². The fourth-order valence-corrected chi connectivity index (χ4v) is 9.35. The van der Waals surface area contributed by atoms with E-state index in [1.807, 2.05) is 23.5 Å². The highest BCUT2D eigenvalue weighted by molar-refractivity contribution is 7.25. The van der Waals surface area contributed by atoms with Crippen LogP contribution < -0.4 is 0 Å². The number of rotatable bonds is 2. The number of benzene rings is 7. The van der Waals surface area contributed by atoms with Gasteiger partial charge in [-0.1, -0.05) is 72.8 Å². The standard InChI is InChI=1S/C44H24N4S/c1-2-10-27(11-3-1)47-37-16-8-4-12-28(37)30-23-31-33-21-26(25-18-19-41-32(20-25)29-13-5-9-17-40(29)49-41)22-34-42-44(46-36-15-7-6-14-35(36)45-42)48(43(33)34)39(31)24-38(30)47/h1-24H. The number of aromatic nitrogens is 4. The zero-order chi connectivity index (χ0) is 31.8. The molecule has 0 spiro atoms. The maximum absolute atomic E-state index is 5.29. The summed E-state index contributed by atoms with van der Waals surface area (Å²) in [6.07, 6.45) is 0. The Morgan fingerprint density at radius 1 is 0.429 bits per heavy atom. The second-order valence-corrected chi connectivity index (χ2v) is 14.1. The summed E-state index contributed by atoms with van der Waals surface area (Å²) in [6.45, 7) is 0. The Bertz CT molecular complexity index is 3330. The monoisotopic (exact) mass is 640 g/mol. The van der Waals surface area contributed by atoms with Crippen LogP contribution >= 0.6 is 11.3 Å². The second kappa shape index (κ2) is 9.19. The third-order valence-corrected chi connectivity index (χ3v) is 11.5. The topological polar surface area (TPSA) is 35.1 Å². The van der Waals surface area contributed by atoms with Gasteiger partial charge >= 0.3 is 0 Å². The summed E-state index contributed by atoms with van der Waals surface area (Å²) in [5, 5.41) is 8.69. The van der Waals surface area contributed by atoms with Crippen LogP contribution in [0, 0.1) is 0 Å². The van der Waals surface area contributed by atoms with Crippen molar-refractivity contribution in [1.29, 1.82) is 0 Å². The van der Waals surface area contributed by atoms with Crippen molar-refractivity contribution in [1.82, 2.24) is 18.9 Å². The van der Waals surface area contributed by atoms with Gasteiger partial charge in [-0.15, -0.1) is 11.3 Å². The van der Waals surface area contributed by atoms with Crippen molar-refractivity contribution in [3.63, 3.8) is 0 Å². The van der Waals surface area contributed by atoms with Gasteiger partial charge in [0, 0.05) is 52.8 Å². The molecule has 5 heteroatoms. The van der Waals surface area contributed by atoms with Gasteiger partial charge < -0.3 is 4.57 Å². The number of thiophene rings is 1. The molecule has 0 bridgehead atoms. The quantitative estimate of drug-likeness (QED) is 0.188. The second-order valence-electron chi connectivity index (χ2n) is 13.0. The minimum atomic E-state index is 0.895. The summed E-state index contributed by atoms with van der Waals surface area (Å²) in [5.41, 5.74) is 11.9. The van der Waals surface area contributed by atoms with E-state index in [0.717, 1.165) is 38.8 Å². The predicted octanol–water partition coefficient (Wildman–Crippen LogP) is 11.9. The van der Waals surface area contributed by atoms with Gasteiger partial charge in [-0.3, -0.25) is 4.40 Å². The summed E-state index contributed by atoms with van der Waals surface area (Å²) in [6, 6.07) is 52.8. The maximum Gasteiger partial charge on any atom is 0.165 e. The Labute approximate surface area is 283 Å². The van der Waals surface area contributed by atoms with Gasteiger partial charge in [-0.2, -0.15) is 0 Å². The molecule has 0 N–H and O–H groups in total. The van der Waals surface area contributed by atoms with E-state index in [1.54, 1.807) is 0 Å². The van der Waals surface area contributed by atoms with Crippen molar-refractivity contribution in [2.24, 2.45) is 0 Å². The van der Waals surface area contributed by atoms with E-state index in [4.69, 9.17) is 9.97 Å². The number of fused-ring (bicyclic) bond motifs is 13. The molecular formula is C44H24N4S. The Hall–Kier alpha value is -6.30. The molecule has 5 heterocycles. The lowest BCUT2D eigenvalue weighted by Gasteiger charge is -2.08. The van der Waals surface area contributed by atoms with Crippen LogP contribution in [0.2, 0.25) is 0 Å². The number of para-hydroxylation sites is 4. The van der Waals surface area contributed by atoms with Gasteiger partial charge in [0.25, 0.3) is 0 Å². The van der Waals surface area contributed by atoms with Crippen LogP contribution in [0.1, 0.15) is 0 Å². The summed E-state index contributed by atoms with van der Waals surface area (Å²) >= 11 is 1.86. The molecule has 0 aliphatic heterocycles. The molecule has 0 atom stereocenters. The van der Waals surface area contributed by atoms with Crippen molar-refractivity contribution in [2.45, 2.75) is 0 Å². The molecule has 0 amide bonds. The fourth-order valence-electron chi connectivity index (χ4n) is 8.26. The molecule has 0 saturated carbocycles. The van der Waals surface area contributed by atoms with Crippen molar-refractivity contribution in [3.05, 3.63) is 146 Å². The number of hydrogen-bond donors (Lipinski definition) is 0. The van der Waals surface area contributed by atoms with Crippen LogP contribution in [0.5, 0.6) is 0 Å². The molecule has 0 aliphatic carbocycles. The zero-order valence-electron chi connectivity index (χ0n) is 26.1. The summed E-state index contributed by atoms with van der Waals surface area (Å²) < 4.78 is 7.39. The van der Waals surface area contributed by atoms with Crippen LogP contribution in [-0.2, 0) is 0 Å². The van der Waals surface area contributed by atoms with Gasteiger partial charge in [0.05, 0.1) is 33.1 Å².